The molecule has 0 fully saturated rings. The molecule has 4 rings (SSSR count). The number of methoxy groups -OCH3 is 1. The molecule has 0 atom stereocenters. The van der Waals surface area contributed by atoms with Crippen molar-refractivity contribution >= 4 is 17.0 Å². The van der Waals surface area contributed by atoms with Gasteiger partial charge in [0.15, 0.2) is 5.65 Å². The largest absolute Gasteiger partial charge is 0.496 e. The molecule has 2 aromatic carbocycles. The molecular formula is C22H21N5O3. The maximum Gasteiger partial charge on any atom is 0.334 e. The molecular weight excluding hydrogens is 382 g/mol. The number of rotatable bonds is 5. The van der Waals surface area contributed by atoms with E-state index in [-0.39, 0.29) is 11.0 Å². The Labute approximate surface area is 172 Å². The summed E-state index contributed by atoms with van der Waals surface area (Å²) in [5.41, 5.74) is 2.53. The third-order valence-electron chi connectivity index (χ3n) is 4.87. The molecule has 0 aliphatic carbocycles. The van der Waals surface area contributed by atoms with Gasteiger partial charge in [0.2, 0.25) is 5.95 Å². The van der Waals surface area contributed by atoms with Gasteiger partial charge in [-0.3, -0.25) is 9.78 Å². The fourth-order valence-electron chi connectivity index (χ4n) is 3.39. The van der Waals surface area contributed by atoms with Gasteiger partial charge in [-0.1, -0.05) is 35.9 Å². The lowest BCUT2D eigenvalue weighted by molar-refractivity contribution is 0.410. The van der Waals surface area contributed by atoms with Crippen LogP contribution in [0.4, 0.5) is 5.95 Å². The third-order valence-corrected chi connectivity index (χ3v) is 4.87. The number of nitrogens with zero attached hydrogens (tertiary/aromatic N) is 3. The first-order valence-electron chi connectivity index (χ1n) is 9.43. The van der Waals surface area contributed by atoms with E-state index in [1.165, 1.54) is 6.20 Å². The van der Waals surface area contributed by atoms with Gasteiger partial charge in [0, 0.05) is 18.3 Å². The van der Waals surface area contributed by atoms with Crippen molar-refractivity contribution in [1.29, 1.82) is 0 Å². The van der Waals surface area contributed by atoms with Crippen molar-refractivity contribution in [3.8, 4) is 11.4 Å². The molecule has 0 spiro atoms. The molecule has 0 radical (unpaired) electrons. The fraction of sp³-hybridized carbons (Fsp3) is 0.182. The summed E-state index contributed by atoms with van der Waals surface area (Å²) < 4.78 is 6.45. The van der Waals surface area contributed by atoms with Crippen molar-refractivity contribution in [1.82, 2.24) is 19.5 Å². The molecule has 8 heteroatoms. The van der Waals surface area contributed by atoms with E-state index < -0.39 is 11.2 Å². The number of hydrogen-bond donors (Lipinski definition) is 2. The average Bonchev–Trinajstić information content (AvgIpc) is 2.73. The van der Waals surface area contributed by atoms with Gasteiger partial charge in [-0.2, -0.15) is 4.98 Å². The highest BCUT2D eigenvalue weighted by molar-refractivity contribution is 5.73. The minimum atomic E-state index is -0.547. The lowest BCUT2D eigenvalue weighted by atomic mass is 10.1. The van der Waals surface area contributed by atoms with Crippen LogP contribution in [0.25, 0.3) is 16.7 Å². The zero-order valence-electron chi connectivity index (χ0n) is 16.9. The quantitative estimate of drug-likeness (QED) is 0.531. The topological polar surface area (TPSA) is 102 Å². The third kappa shape index (κ3) is 3.55. The first-order chi connectivity index (χ1) is 14.5. The second kappa shape index (κ2) is 7.82. The molecule has 152 valence electrons. The summed E-state index contributed by atoms with van der Waals surface area (Å²) in [6, 6.07) is 13.1. The Hall–Kier alpha value is -3.94. The molecule has 0 aliphatic rings. The Morgan fingerprint density at radius 3 is 2.70 bits per heavy atom. The van der Waals surface area contributed by atoms with Crippen molar-refractivity contribution in [3.05, 3.63) is 86.2 Å². The summed E-state index contributed by atoms with van der Waals surface area (Å²) in [5, 5.41) is 3.33. The van der Waals surface area contributed by atoms with Crippen LogP contribution < -0.4 is 21.3 Å². The molecule has 0 saturated heterocycles. The number of aromatic nitrogens is 4. The molecule has 2 heterocycles. The van der Waals surface area contributed by atoms with Crippen LogP contribution in [0.2, 0.25) is 0 Å². The smallest absolute Gasteiger partial charge is 0.334 e. The maximum atomic E-state index is 13.0. The molecule has 0 aliphatic heterocycles. The molecule has 30 heavy (non-hydrogen) atoms. The lowest BCUT2D eigenvalue weighted by Gasteiger charge is -2.11. The van der Waals surface area contributed by atoms with Gasteiger partial charge in [0.1, 0.15) is 11.1 Å². The van der Waals surface area contributed by atoms with Gasteiger partial charge in [-0.25, -0.2) is 14.3 Å². The highest BCUT2D eigenvalue weighted by atomic mass is 16.5. The minimum Gasteiger partial charge on any atom is -0.496 e. The summed E-state index contributed by atoms with van der Waals surface area (Å²) in [5.74, 6) is 1.04. The van der Waals surface area contributed by atoms with Crippen LogP contribution in [0.3, 0.4) is 0 Å². The Kier molecular flexibility index (Phi) is 5.05. The van der Waals surface area contributed by atoms with E-state index in [4.69, 9.17) is 4.74 Å². The number of nitrogens with one attached hydrogen (secondary N) is 2. The van der Waals surface area contributed by atoms with E-state index in [1.54, 1.807) is 13.2 Å². The Bertz CT molecular complexity index is 1360. The van der Waals surface area contributed by atoms with Crippen molar-refractivity contribution < 1.29 is 4.74 Å². The van der Waals surface area contributed by atoms with Crippen LogP contribution in [0, 0.1) is 13.8 Å². The summed E-state index contributed by atoms with van der Waals surface area (Å²) in [6.45, 7) is 4.25. The molecule has 4 aromatic rings. The number of fused-ring (bicyclic) bond motifs is 1. The first kappa shape index (κ1) is 19.4. The van der Waals surface area contributed by atoms with E-state index in [0.717, 1.165) is 27.0 Å². The monoisotopic (exact) mass is 403 g/mol. The SMILES string of the molecule is COc1ccccc1CNc1ncc2c(=O)n(-c3ccc(C)cc3C)c(=O)[nH]c2n1. The van der Waals surface area contributed by atoms with Crippen molar-refractivity contribution in [2.24, 2.45) is 0 Å². The van der Waals surface area contributed by atoms with Gasteiger partial charge >= 0.3 is 5.69 Å². The number of anilines is 1. The van der Waals surface area contributed by atoms with Crippen LogP contribution in [0.1, 0.15) is 16.7 Å². The fourth-order valence-corrected chi connectivity index (χ4v) is 3.39. The van der Waals surface area contributed by atoms with E-state index >= 15 is 0 Å². The molecule has 0 bridgehead atoms. The molecule has 2 aromatic heterocycles. The molecule has 8 nitrogen and oxygen atoms in total. The van der Waals surface area contributed by atoms with Gasteiger partial charge < -0.3 is 10.1 Å². The number of H-pyrrole nitrogens is 1. The summed E-state index contributed by atoms with van der Waals surface area (Å²) in [4.78, 5) is 36.9. The predicted molar refractivity (Wildman–Crippen MR) is 116 cm³/mol. The Morgan fingerprint density at radius 2 is 1.93 bits per heavy atom. The Balaban J connectivity index is 1.71. The van der Waals surface area contributed by atoms with Gasteiger partial charge in [0.25, 0.3) is 5.56 Å². The summed E-state index contributed by atoms with van der Waals surface area (Å²) in [6.07, 6.45) is 1.42. The second-order valence-electron chi connectivity index (χ2n) is 6.98. The molecule has 0 amide bonds. The zero-order valence-corrected chi connectivity index (χ0v) is 16.9. The van der Waals surface area contributed by atoms with Gasteiger partial charge in [-0.05, 0) is 31.5 Å². The van der Waals surface area contributed by atoms with Crippen LogP contribution in [0.5, 0.6) is 5.75 Å². The van der Waals surface area contributed by atoms with Gasteiger partial charge in [-0.15, -0.1) is 0 Å². The number of aryl methyl sites for hydroxylation is 2. The van der Waals surface area contributed by atoms with Crippen LogP contribution in [-0.2, 0) is 6.54 Å². The number of benzene rings is 2. The number of ether oxygens (including phenoxy) is 1. The van der Waals surface area contributed by atoms with Crippen molar-refractivity contribution in [2.75, 3.05) is 12.4 Å². The first-order valence-corrected chi connectivity index (χ1v) is 9.43. The zero-order chi connectivity index (χ0) is 21.3. The summed E-state index contributed by atoms with van der Waals surface area (Å²) in [7, 11) is 1.61. The Morgan fingerprint density at radius 1 is 1.13 bits per heavy atom. The highest BCUT2D eigenvalue weighted by Crippen LogP contribution is 2.18. The van der Waals surface area contributed by atoms with Crippen molar-refractivity contribution in [3.63, 3.8) is 0 Å². The second-order valence-corrected chi connectivity index (χ2v) is 6.98. The normalized spacial score (nSPS) is 10.9. The molecule has 0 unspecified atom stereocenters. The maximum absolute atomic E-state index is 13.0. The van der Waals surface area contributed by atoms with E-state index in [2.05, 4.69) is 20.3 Å². The number of aromatic amines is 1. The molecule has 0 saturated carbocycles. The minimum absolute atomic E-state index is 0.184. The van der Waals surface area contributed by atoms with Gasteiger partial charge in [0.05, 0.1) is 12.8 Å². The number of para-hydroxylation sites is 1. The van der Waals surface area contributed by atoms with E-state index in [9.17, 15) is 9.59 Å². The summed E-state index contributed by atoms with van der Waals surface area (Å²) >= 11 is 0. The van der Waals surface area contributed by atoms with E-state index in [0.29, 0.717) is 18.2 Å². The number of hydrogen-bond acceptors (Lipinski definition) is 6. The van der Waals surface area contributed by atoms with Crippen LogP contribution in [0.15, 0.2) is 58.3 Å². The van der Waals surface area contributed by atoms with Crippen molar-refractivity contribution in [2.45, 2.75) is 20.4 Å². The standard InChI is InChI=1S/C22H21N5O3/c1-13-8-9-17(14(2)10-13)27-20(28)16-12-24-21(25-19(16)26-22(27)29)23-11-15-6-4-5-7-18(15)30-3/h4-10,12H,11H2,1-3H3,(H2,23,24,25,26,29). The predicted octanol–water partition coefficient (Wildman–Crippen LogP) is 2.71. The lowest BCUT2D eigenvalue weighted by Crippen LogP contribution is -2.34. The average molecular weight is 403 g/mol. The van der Waals surface area contributed by atoms with E-state index in [1.807, 2.05) is 50.2 Å². The van der Waals surface area contributed by atoms with Crippen LogP contribution in [-0.4, -0.2) is 26.6 Å². The molecule has 2 N–H and O–H groups in total. The highest BCUT2D eigenvalue weighted by Gasteiger charge is 2.13. The van der Waals surface area contributed by atoms with Crippen LogP contribution >= 0.6 is 0 Å².